The van der Waals surface area contributed by atoms with E-state index in [4.69, 9.17) is 26.6 Å². The Hall–Kier alpha value is 0.410. The number of hydrogen-bond acceptors (Lipinski definition) is 4. The monoisotopic (exact) mass is 179 g/mol. The average Bonchev–Trinajstić information content (AvgIpc) is 1.66. The van der Waals surface area contributed by atoms with Crippen molar-refractivity contribution in [3.8, 4) is 0 Å². The van der Waals surface area contributed by atoms with Crippen molar-refractivity contribution in [2.45, 2.75) is 0 Å². The van der Waals surface area contributed by atoms with Crippen LogP contribution in [0, 0.1) is 0 Å². The topological polar surface area (TPSA) is 122 Å². The summed E-state index contributed by atoms with van der Waals surface area (Å²) < 4.78 is 0. The van der Waals surface area contributed by atoms with Gasteiger partial charge in [0.05, 0.1) is 0 Å². The Morgan fingerprint density at radius 1 is 1.50 bits per heavy atom. The molecule has 0 aliphatic rings. The van der Waals surface area contributed by atoms with Crippen molar-refractivity contribution >= 4 is 43.9 Å². The zero-order chi connectivity index (χ0) is 7.70. The average molecular weight is 179 g/mol. The molecule has 0 aliphatic carbocycles. The maximum atomic E-state index is 8.56. The molecule has 0 heterocycles. The molecule has 0 rings (SSSR count). The van der Waals surface area contributed by atoms with Crippen molar-refractivity contribution in [1.82, 2.24) is 5.43 Å². The van der Waals surface area contributed by atoms with E-state index in [9.17, 15) is 0 Å². The summed E-state index contributed by atoms with van der Waals surface area (Å²) in [6.45, 7) is 1.30. The van der Waals surface area contributed by atoms with E-state index in [2.05, 4.69) is 5.43 Å². The molecule has 0 aliphatic heterocycles. The van der Waals surface area contributed by atoms with Crippen LogP contribution in [-0.4, -0.2) is 67.2 Å². The van der Waals surface area contributed by atoms with Crippen LogP contribution in [0.15, 0.2) is 0 Å². The van der Waals surface area contributed by atoms with Gasteiger partial charge in [0.25, 0.3) is 0 Å². The Kier molecular flexibility index (Phi) is 27.2. The molecule has 7 N–H and O–H groups in total. The summed E-state index contributed by atoms with van der Waals surface area (Å²) in [6, 6.07) is 0. The first-order chi connectivity index (χ1) is 4.15. The van der Waals surface area contributed by atoms with Gasteiger partial charge in [-0.05, 0) is 0 Å². The summed E-state index contributed by atoms with van der Waals surface area (Å²) in [5.74, 6) is 4.81. The van der Waals surface area contributed by atoms with Crippen LogP contribution < -0.4 is 17.0 Å². The van der Waals surface area contributed by atoms with Crippen molar-refractivity contribution in [3.05, 3.63) is 0 Å². The number of hydrogen-bond donors (Lipinski definition) is 5. The zero-order valence-corrected chi connectivity index (χ0v) is 4.87. The number of nitrogens with two attached hydrogens (primary N) is 2. The van der Waals surface area contributed by atoms with E-state index in [0.29, 0.717) is 13.1 Å². The van der Waals surface area contributed by atoms with Crippen molar-refractivity contribution in [2.75, 3.05) is 13.1 Å². The second-order valence-corrected chi connectivity index (χ2v) is 1.03. The fourth-order valence-electron chi connectivity index (χ4n) is 0.0833. The molecule has 0 aromatic heterocycles. The van der Waals surface area contributed by atoms with Crippen molar-refractivity contribution in [2.24, 2.45) is 11.6 Å². The van der Waals surface area contributed by atoms with Crippen LogP contribution >= 0.6 is 0 Å². The molecule has 0 radical (unpaired) electrons. The second kappa shape index (κ2) is 16.2. The molecule has 0 spiro atoms. The van der Waals surface area contributed by atoms with E-state index >= 15 is 0 Å². The first-order valence-corrected chi connectivity index (χ1v) is 2.20. The molecule has 0 aromatic rings. The SMILES string of the molecule is NCCNN.O=C(O)O.[CaH2]. The third-order valence-corrected chi connectivity index (χ3v) is 0.289. The molecular weight excluding hydrogens is 166 g/mol. The van der Waals surface area contributed by atoms with Gasteiger partial charge in [0.1, 0.15) is 0 Å². The van der Waals surface area contributed by atoms with Gasteiger partial charge in [-0.3, -0.25) is 11.3 Å². The molecule has 0 aromatic carbocycles. The Morgan fingerprint density at radius 3 is 1.80 bits per heavy atom. The summed E-state index contributed by atoms with van der Waals surface area (Å²) >= 11 is 0. The van der Waals surface area contributed by atoms with Crippen LogP contribution in [0.1, 0.15) is 0 Å². The minimum atomic E-state index is -1.83. The molecule has 60 valence electrons. The third-order valence-electron chi connectivity index (χ3n) is 0.289. The van der Waals surface area contributed by atoms with E-state index in [1.807, 2.05) is 0 Å². The van der Waals surface area contributed by atoms with E-state index in [0.717, 1.165) is 0 Å². The molecule has 7 heteroatoms. The molecule has 10 heavy (non-hydrogen) atoms. The Balaban J connectivity index is -0.0000000910. The van der Waals surface area contributed by atoms with E-state index < -0.39 is 6.16 Å². The van der Waals surface area contributed by atoms with Gasteiger partial charge in [0.2, 0.25) is 0 Å². The van der Waals surface area contributed by atoms with E-state index in [1.165, 1.54) is 0 Å². The molecule has 0 bridgehead atoms. The first-order valence-electron chi connectivity index (χ1n) is 2.20. The van der Waals surface area contributed by atoms with Crippen LogP contribution in [0.4, 0.5) is 4.79 Å². The molecule has 6 nitrogen and oxygen atoms in total. The molecule has 0 atom stereocenters. The van der Waals surface area contributed by atoms with Gasteiger partial charge in [-0.1, -0.05) is 0 Å². The quantitative estimate of drug-likeness (QED) is 0.185. The summed E-state index contributed by atoms with van der Waals surface area (Å²) in [5, 5.41) is 13.9. The Bertz CT molecular complexity index is 66.0. The number of hydrazine groups is 1. The minimum absolute atomic E-state index is 0. The normalized spacial score (nSPS) is 6.60. The maximum absolute atomic E-state index is 8.56. The van der Waals surface area contributed by atoms with Crippen LogP contribution in [0.5, 0.6) is 0 Å². The van der Waals surface area contributed by atoms with Crippen molar-refractivity contribution in [3.63, 3.8) is 0 Å². The van der Waals surface area contributed by atoms with Crippen molar-refractivity contribution < 1.29 is 15.0 Å². The summed E-state index contributed by atoms with van der Waals surface area (Å²) in [5.41, 5.74) is 7.39. The third kappa shape index (κ3) is 79.5. The van der Waals surface area contributed by atoms with Gasteiger partial charge in [-0.15, -0.1) is 0 Å². The first kappa shape index (κ1) is 16.8. The zero-order valence-electron chi connectivity index (χ0n) is 4.87. The predicted molar refractivity (Wildman–Crippen MR) is 40.4 cm³/mol. The number of carboxylic acid groups (broad SMARTS) is 2. The van der Waals surface area contributed by atoms with Gasteiger partial charge in [0, 0.05) is 13.1 Å². The Morgan fingerprint density at radius 2 is 1.80 bits per heavy atom. The fraction of sp³-hybridized carbons (Fsp3) is 0.667. The van der Waals surface area contributed by atoms with Gasteiger partial charge in [-0.25, -0.2) is 4.79 Å². The molecule has 0 amide bonds. The summed E-state index contributed by atoms with van der Waals surface area (Å²) in [4.78, 5) is 8.56. The number of nitrogens with one attached hydrogen (secondary N) is 1. The summed E-state index contributed by atoms with van der Waals surface area (Å²) in [6.07, 6.45) is -1.83. The molecule has 0 fully saturated rings. The Labute approximate surface area is 88.5 Å². The van der Waals surface area contributed by atoms with Gasteiger partial charge >= 0.3 is 43.9 Å². The predicted octanol–water partition coefficient (Wildman–Crippen LogP) is -2.29. The molecule has 0 saturated heterocycles. The van der Waals surface area contributed by atoms with Gasteiger partial charge in [-0.2, -0.15) is 0 Å². The van der Waals surface area contributed by atoms with Gasteiger partial charge < -0.3 is 15.9 Å². The standard InChI is InChI=1S/C2H9N3.CH2O3.Ca.2H/c3-1-2-5-4;2-1(3)4;;;/h5H,1-4H2;(H2,2,3,4);;;. The number of rotatable bonds is 2. The molecule has 0 unspecified atom stereocenters. The number of carbonyl (C=O) groups is 1. The molecule has 0 saturated carbocycles. The molecular formula is C3H13CaN3O3. The van der Waals surface area contributed by atoms with Crippen LogP contribution in [0.2, 0.25) is 0 Å². The second-order valence-electron chi connectivity index (χ2n) is 1.03. The van der Waals surface area contributed by atoms with Crippen LogP contribution in [-0.2, 0) is 0 Å². The van der Waals surface area contributed by atoms with Gasteiger partial charge in [0.15, 0.2) is 0 Å². The van der Waals surface area contributed by atoms with Crippen LogP contribution in [0.25, 0.3) is 0 Å². The summed E-state index contributed by atoms with van der Waals surface area (Å²) in [7, 11) is 0. The fourth-order valence-corrected chi connectivity index (χ4v) is 0.0833. The van der Waals surface area contributed by atoms with E-state index in [1.54, 1.807) is 0 Å². The van der Waals surface area contributed by atoms with Crippen LogP contribution in [0.3, 0.4) is 0 Å². The van der Waals surface area contributed by atoms with Crippen molar-refractivity contribution in [1.29, 1.82) is 0 Å². The van der Waals surface area contributed by atoms with E-state index in [-0.39, 0.29) is 37.7 Å².